The zero-order chi connectivity index (χ0) is 16.0. The summed E-state index contributed by atoms with van der Waals surface area (Å²) >= 11 is 0. The van der Waals surface area contributed by atoms with Crippen LogP contribution in [0.3, 0.4) is 0 Å². The third-order valence-corrected chi connectivity index (χ3v) is 3.67. The highest BCUT2D eigenvalue weighted by Crippen LogP contribution is 2.27. The van der Waals surface area contributed by atoms with Crippen LogP contribution in [0, 0.1) is 11.3 Å². The van der Waals surface area contributed by atoms with E-state index < -0.39 is 0 Å². The second-order valence-corrected chi connectivity index (χ2v) is 6.60. The lowest BCUT2D eigenvalue weighted by atomic mass is 9.79. The number of hydrogen-bond donors (Lipinski definition) is 1. The van der Waals surface area contributed by atoms with Gasteiger partial charge >= 0.3 is 0 Å². The normalized spacial score (nSPS) is 13.6. The third kappa shape index (κ3) is 13.2. The van der Waals surface area contributed by atoms with Crippen LogP contribution >= 0.6 is 0 Å². The van der Waals surface area contributed by atoms with Crippen molar-refractivity contribution in [1.82, 2.24) is 5.32 Å². The van der Waals surface area contributed by atoms with Crippen LogP contribution in [0.15, 0.2) is 0 Å². The van der Waals surface area contributed by atoms with E-state index in [-0.39, 0.29) is 0 Å². The van der Waals surface area contributed by atoms with Crippen molar-refractivity contribution in [2.24, 2.45) is 11.3 Å². The smallest absolute Gasteiger partial charge is 0.0701 e. The Morgan fingerprint density at radius 1 is 0.857 bits per heavy atom. The second-order valence-electron chi connectivity index (χ2n) is 6.60. The van der Waals surface area contributed by atoms with Gasteiger partial charge in [0.1, 0.15) is 0 Å². The molecule has 0 aliphatic rings. The van der Waals surface area contributed by atoms with Crippen LogP contribution in [0.2, 0.25) is 0 Å². The van der Waals surface area contributed by atoms with E-state index in [1.54, 1.807) is 0 Å². The minimum absolute atomic E-state index is 0.318. The maximum absolute atomic E-state index is 5.66. The Kier molecular flexibility index (Phi) is 13.4. The highest BCUT2D eigenvalue weighted by Gasteiger charge is 2.23. The summed E-state index contributed by atoms with van der Waals surface area (Å²) in [7, 11) is 2.01. The Morgan fingerprint density at radius 3 is 1.86 bits per heavy atom. The van der Waals surface area contributed by atoms with Gasteiger partial charge in [-0.05, 0) is 37.8 Å². The lowest BCUT2D eigenvalue weighted by molar-refractivity contribution is 0.00921. The van der Waals surface area contributed by atoms with Gasteiger partial charge in [0.25, 0.3) is 0 Å². The van der Waals surface area contributed by atoms with Crippen LogP contribution in [-0.2, 0) is 14.2 Å². The van der Waals surface area contributed by atoms with Crippen LogP contribution in [0.5, 0.6) is 0 Å². The maximum Gasteiger partial charge on any atom is 0.0701 e. The van der Waals surface area contributed by atoms with E-state index in [1.165, 1.54) is 6.42 Å². The molecule has 0 aromatic heterocycles. The minimum atomic E-state index is 0.318. The summed E-state index contributed by atoms with van der Waals surface area (Å²) in [5.41, 5.74) is 0.318. The molecular weight excluding hydrogens is 266 g/mol. The standard InChI is InChI=1S/C17H37NO3/c1-6-7-9-19-11-13-21-14-12-20-10-8-16(15-18-5)17(2,3)4/h16,18H,6-15H2,1-5H3. The molecule has 0 heterocycles. The SMILES string of the molecule is CCCCOCCOCCOCCC(CNC)C(C)(C)C. The largest absolute Gasteiger partial charge is 0.379 e. The molecule has 1 N–H and O–H groups in total. The molecular formula is C17H37NO3. The quantitative estimate of drug-likeness (QED) is 0.501. The Labute approximate surface area is 131 Å². The summed E-state index contributed by atoms with van der Waals surface area (Å²) in [6, 6.07) is 0. The summed E-state index contributed by atoms with van der Waals surface area (Å²) in [5, 5.41) is 3.27. The van der Waals surface area contributed by atoms with Crippen LogP contribution in [0.4, 0.5) is 0 Å². The molecule has 0 aliphatic carbocycles. The zero-order valence-corrected chi connectivity index (χ0v) is 14.9. The van der Waals surface area contributed by atoms with E-state index in [0.29, 0.717) is 37.8 Å². The highest BCUT2D eigenvalue weighted by molar-refractivity contribution is 4.75. The van der Waals surface area contributed by atoms with E-state index in [1.807, 2.05) is 7.05 Å². The lowest BCUT2D eigenvalue weighted by Gasteiger charge is -2.30. The van der Waals surface area contributed by atoms with Crippen LogP contribution in [0.25, 0.3) is 0 Å². The first-order chi connectivity index (χ1) is 10.0. The zero-order valence-electron chi connectivity index (χ0n) is 14.9. The summed E-state index contributed by atoms with van der Waals surface area (Å²) in [6.45, 7) is 14.4. The molecule has 0 saturated carbocycles. The molecule has 128 valence electrons. The summed E-state index contributed by atoms with van der Waals surface area (Å²) in [6.07, 6.45) is 3.40. The molecule has 1 unspecified atom stereocenters. The predicted octanol–water partition coefficient (Wildman–Crippen LogP) is 3.11. The molecule has 4 heteroatoms. The number of unbranched alkanes of at least 4 members (excludes halogenated alkanes) is 1. The van der Waals surface area contributed by atoms with E-state index >= 15 is 0 Å². The van der Waals surface area contributed by atoms with Gasteiger partial charge in [0.05, 0.1) is 26.4 Å². The minimum Gasteiger partial charge on any atom is -0.379 e. The van der Waals surface area contributed by atoms with Gasteiger partial charge in [0.2, 0.25) is 0 Å². The molecule has 0 aliphatic heterocycles. The fourth-order valence-electron chi connectivity index (χ4n) is 2.10. The first kappa shape index (κ1) is 20.8. The Balaban J connectivity index is 3.38. The van der Waals surface area contributed by atoms with E-state index in [4.69, 9.17) is 14.2 Å². The summed E-state index contributed by atoms with van der Waals surface area (Å²) < 4.78 is 16.6. The topological polar surface area (TPSA) is 39.7 Å². The number of nitrogens with one attached hydrogen (secondary N) is 1. The maximum atomic E-state index is 5.66. The first-order valence-corrected chi connectivity index (χ1v) is 8.40. The van der Waals surface area contributed by atoms with E-state index in [2.05, 4.69) is 33.0 Å². The molecule has 0 spiro atoms. The van der Waals surface area contributed by atoms with E-state index in [9.17, 15) is 0 Å². The summed E-state index contributed by atoms with van der Waals surface area (Å²) in [5.74, 6) is 0.635. The Morgan fingerprint density at radius 2 is 1.38 bits per heavy atom. The lowest BCUT2D eigenvalue weighted by Crippen LogP contribution is -2.31. The van der Waals surface area contributed by atoms with Crippen molar-refractivity contribution in [3.05, 3.63) is 0 Å². The van der Waals surface area contributed by atoms with Crippen molar-refractivity contribution in [1.29, 1.82) is 0 Å². The second kappa shape index (κ2) is 13.5. The van der Waals surface area contributed by atoms with Crippen LogP contribution in [0.1, 0.15) is 47.0 Å². The van der Waals surface area contributed by atoms with Gasteiger partial charge in [-0.25, -0.2) is 0 Å². The van der Waals surface area contributed by atoms with Gasteiger partial charge in [-0.1, -0.05) is 34.1 Å². The molecule has 0 radical (unpaired) electrons. The van der Waals surface area contributed by atoms with Crippen molar-refractivity contribution in [3.8, 4) is 0 Å². The van der Waals surface area contributed by atoms with Crippen molar-refractivity contribution in [2.75, 3.05) is 53.2 Å². The van der Waals surface area contributed by atoms with Crippen molar-refractivity contribution in [3.63, 3.8) is 0 Å². The fourth-order valence-corrected chi connectivity index (χ4v) is 2.10. The molecule has 0 saturated heterocycles. The molecule has 0 fully saturated rings. The number of rotatable bonds is 14. The number of hydrogen-bond acceptors (Lipinski definition) is 4. The van der Waals surface area contributed by atoms with Gasteiger partial charge in [-0.3, -0.25) is 0 Å². The van der Waals surface area contributed by atoms with Gasteiger partial charge in [0, 0.05) is 13.2 Å². The summed E-state index contributed by atoms with van der Waals surface area (Å²) in [4.78, 5) is 0. The van der Waals surface area contributed by atoms with Crippen LogP contribution < -0.4 is 5.32 Å². The predicted molar refractivity (Wildman–Crippen MR) is 88.9 cm³/mol. The van der Waals surface area contributed by atoms with Gasteiger partial charge < -0.3 is 19.5 Å². The van der Waals surface area contributed by atoms with E-state index in [0.717, 1.165) is 32.6 Å². The van der Waals surface area contributed by atoms with Crippen molar-refractivity contribution < 1.29 is 14.2 Å². The molecule has 0 amide bonds. The van der Waals surface area contributed by atoms with Crippen molar-refractivity contribution >= 4 is 0 Å². The van der Waals surface area contributed by atoms with Gasteiger partial charge in [-0.15, -0.1) is 0 Å². The molecule has 21 heavy (non-hydrogen) atoms. The third-order valence-electron chi connectivity index (χ3n) is 3.67. The van der Waals surface area contributed by atoms with Gasteiger partial charge in [-0.2, -0.15) is 0 Å². The molecule has 0 bridgehead atoms. The first-order valence-electron chi connectivity index (χ1n) is 8.40. The van der Waals surface area contributed by atoms with Gasteiger partial charge in [0.15, 0.2) is 0 Å². The molecule has 4 nitrogen and oxygen atoms in total. The fraction of sp³-hybridized carbons (Fsp3) is 1.00. The molecule has 0 rings (SSSR count). The number of ether oxygens (including phenoxy) is 3. The monoisotopic (exact) mass is 303 g/mol. The average Bonchev–Trinajstić information content (AvgIpc) is 2.42. The molecule has 0 aromatic carbocycles. The molecule has 1 atom stereocenters. The van der Waals surface area contributed by atoms with Crippen molar-refractivity contribution in [2.45, 2.75) is 47.0 Å². The molecule has 0 aromatic rings. The Hall–Kier alpha value is -0.160. The van der Waals surface area contributed by atoms with Crippen LogP contribution in [-0.4, -0.2) is 53.2 Å². The highest BCUT2D eigenvalue weighted by atomic mass is 16.5. The average molecular weight is 303 g/mol. The Bertz CT molecular complexity index is 217.